The van der Waals surface area contributed by atoms with Crippen molar-refractivity contribution in [1.82, 2.24) is 25.2 Å². The summed E-state index contributed by atoms with van der Waals surface area (Å²) in [6, 6.07) is 1.15. The molecule has 0 amide bonds. The average Bonchev–Trinajstić information content (AvgIpc) is 2.87. The third-order valence-corrected chi connectivity index (χ3v) is 4.61. The van der Waals surface area contributed by atoms with E-state index in [-0.39, 0.29) is 0 Å². The Kier molecular flexibility index (Phi) is 5.76. The van der Waals surface area contributed by atoms with E-state index in [0.717, 1.165) is 37.2 Å². The fourth-order valence-electron chi connectivity index (χ4n) is 3.20. The van der Waals surface area contributed by atoms with Crippen LogP contribution in [0.2, 0.25) is 0 Å². The first-order valence-corrected chi connectivity index (χ1v) is 8.32. The second kappa shape index (κ2) is 7.36. The smallest absolute Gasteiger partial charge is 0.0964 e. The molecule has 0 radical (unpaired) electrons. The van der Waals surface area contributed by atoms with E-state index in [2.05, 4.69) is 61.3 Å². The van der Waals surface area contributed by atoms with Crippen LogP contribution in [0.4, 0.5) is 0 Å². The van der Waals surface area contributed by atoms with Crippen LogP contribution < -0.4 is 5.32 Å². The van der Waals surface area contributed by atoms with Crippen molar-refractivity contribution in [1.29, 1.82) is 0 Å². The molecule has 1 aliphatic rings. The third-order valence-electron chi connectivity index (χ3n) is 4.61. The van der Waals surface area contributed by atoms with Gasteiger partial charge >= 0.3 is 0 Å². The normalized spacial score (nSPS) is 27.4. The zero-order chi connectivity index (χ0) is 15.4. The maximum absolute atomic E-state index is 4.24. The van der Waals surface area contributed by atoms with Gasteiger partial charge in [-0.25, -0.2) is 0 Å². The molecule has 2 heterocycles. The first-order valence-electron chi connectivity index (χ1n) is 8.32. The first-order chi connectivity index (χ1) is 9.95. The monoisotopic (exact) mass is 293 g/mol. The summed E-state index contributed by atoms with van der Waals surface area (Å²) in [4.78, 5) is 2.60. The van der Waals surface area contributed by atoms with Gasteiger partial charge in [0, 0.05) is 37.9 Å². The number of nitrogens with one attached hydrogen (secondary N) is 1. The molecule has 21 heavy (non-hydrogen) atoms. The summed E-state index contributed by atoms with van der Waals surface area (Å²) < 4.78 is 1.98. The Balaban J connectivity index is 1.82. The van der Waals surface area contributed by atoms with Gasteiger partial charge in [-0.15, -0.1) is 5.10 Å². The second-order valence-corrected chi connectivity index (χ2v) is 7.06. The molecule has 2 rings (SSSR count). The molecule has 1 aliphatic heterocycles. The highest BCUT2D eigenvalue weighted by Gasteiger charge is 2.28. The van der Waals surface area contributed by atoms with Crippen LogP contribution in [-0.2, 0) is 13.1 Å². The molecule has 3 atom stereocenters. The molecule has 1 aromatic rings. The zero-order valence-corrected chi connectivity index (χ0v) is 14.2. The highest BCUT2D eigenvalue weighted by molar-refractivity contribution is 4.92. The standard InChI is InChI=1S/C16H31N5/c1-12(2)17-9-16-11-21(19-18-16)7-6-20-10-13(3)8-14(4)15(20)5/h11-15,17H,6-10H2,1-5H3. The highest BCUT2D eigenvalue weighted by atomic mass is 15.4. The molecule has 1 fully saturated rings. The molecule has 1 N–H and O–H groups in total. The van der Waals surface area contributed by atoms with E-state index in [4.69, 9.17) is 0 Å². The van der Waals surface area contributed by atoms with Crippen molar-refractivity contribution in [2.75, 3.05) is 13.1 Å². The first kappa shape index (κ1) is 16.4. The summed E-state index contributed by atoms with van der Waals surface area (Å²) in [5, 5.41) is 11.8. The predicted molar refractivity (Wildman–Crippen MR) is 86.0 cm³/mol. The van der Waals surface area contributed by atoms with Crippen LogP contribution in [0.1, 0.15) is 46.7 Å². The Morgan fingerprint density at radius 1 is 1.29 bits per heavy atom. The lowest BCUT2D eigenvalue weighted by molar-refractivity contribution is 0.0754. The average molecular weight is 293 g/mol. The van der Waals surface area contributed by atoms with Crippen molar-refractivity contribution in [3.8, 4) is 0 Å². The summed E-state index contributed by atoms with van der Waals surface area (Å²) in [5.41, 5.74) is 1.03. The molecule has 1 aromatic heterocycles. The predicted octanol–water partition coefficient (Wildman–Crippen LogP) is 2.14. The van der Waals surface area contributed by atoms with Gasteiger partial charge in [0.15, 0.2) is 0 Å². The SMILES string of the molecule is CC1CC(C)C(C)N(CCn2cc(CNC(C)C)nn2)C1. The number of likely N-dealkylation sites (tertiary alicyclic amines) is 1. The minimum atomic E-state index is 0.479. The molecule has 1 saturated heterocycles. The van der Waals surface area contributed by atoms with Gasteiger partial charge in [-0.1, -0.05) is 32.9 Å². The van der Waals surface area contributed by atoms with Crippen LogP contribution in [0.15, 0.2) is 6.20 Å². The maximum Gasteiger partial charge on any atom is 0.0964 e. The second-order valence-electron chi connectivity index (χ2n) is 7.06. The van der Waals surface area contributed by atoms with Crippen LogP contribution in [0.3, 0.4) is 0 Å². The molecule has 0 aromatic carbocycles. The van der Waals surface area contributed by atoms with Crippen LogP contribution in [0.25, 0.3) is 0 Å². The van der Waals surface area contributed by atoms with Crippen molar-refractivity contribution in [3.05, 3.63) is 11.9 Å². The Morgan fingerprint density at radius 2 is 2.05 bits per heavy atom. The molecule has 3 unspecified atom stereocenters. The number of nitrogens with zero attached hydrogens (tertiary/aromatic N) is 4. The van der Waals surface area contributed by atoms with Gasteiger partial charge in [-0.3, -0.25) is 9.58 Å². The van der Waals surface area contributed by atoms with Gasteiger partial charge in [0.05, 0.1) is 12.2 Å². The fraction of sp³-hybridized carbons (Fsp3) is 0.875. The van der Waals surface area contributed by atoms with Gasteiger partial charge in [0.1, 0.15) is 0 Å². The molecule has 5 nitrogen and oxygen atoms in total. The molecular weight excluding hydrogens is 262 g/mol. The molecule has 5 heteroatoms. The molecule has 120 valence electrons. The van der Waals surface area contributed by atoms with E-state index >= 15 is 0 Å². The topological polar surface area (TPSA) is 46.0 Å². The van der Waals surface area contributed by atoms with E-state index in [1.165, 1.54) is 13.0 Å². The lowest BCUT2D eigenvalue weighted by atomic mass is 9.86. The summed E-state index contributed by atoms with van der Waals surface area (Å²) >= 11 is 0. The third kappa shape index (κ3) is 4.78. The summed E-state index contributed by atoms with van der Waals surface area (Å²) in [6.45, 7) is 15.4. The van der Waals surface area contributed by atoms with Crippen molar-refractivity contribution in [2.45, 2.75) is 66.2 Å². The lowest BCUT2D eigenvalue weighted by Gasteiger charge is -2.41. The Hall–Kier alpha value is -0.940. The zero-order valence-electron chi connectivity index (χ0n) is 14.2. The summed E-state index contributed by atoms with van der Waals surface area (Å²) in [5.74, 6) is 1.59. The van der Waals surface area contributed by atoms with Gasteiger partial charge in [-0.05, 0) is 25.2 Å². The summed E-state index contributed by atoms with van der Waals surface area (Å²) in [7, 11) is 0. The van der Waals surface area contributed by atoms with E-state index in [9.17, 15) is 0 Å². The van der Waals surface area contributed by atoms with E-state index in [1.807, 2.05) is 4.68 Å². The number of hydrogen-bond acceptors (Lipinski definition) is 4. The lowest BCUT2D eigenvalue weighted by Crippen LogP contribution is -2.46. The number of aromatic nitrogens is 3. The molecule has 0 spiro atoms. The van der Waals surface area contributed by atoms with E-state index in [0.29, 0.717) is 12.1 Å². The van der Waals surface area contributed by atoms with Crippen molar-refractivity contribution in [3.63, 3.8) is 0 Å². The van der Waals surface area contributed by atoms with E-state index < -0.39 is 0 Å². The van der Waals surface area contributed by atoms with Gasteiger partial charge in [-0.2, -0.15) is 0 Å². The van der Waals surface area contributed by atoms with Gasteiger partial charge in [0.2, 0.25) is 0 Å². The van der Waals surface area contributed by atoms with Crippen molar-refractivity contribution < 1.29 is 0 Å². The largest absolute Gasteiger partial charge is 0.309 e. The van der Waals surface area contributed by atoms with Crippen LogP contribution in [-0.4, -0.2) is 45.1 Å². The van der Waals surface area contributed by atoms with Gasteiger partial charge in [0.25, 0.3) is 0 Å². The number of rotatable bonds is 6. The molecular formula is C16H31N5. The minimum Gasteiger partial charge on any atom is -0.309 e. The Morgan fingerprint density at radius 3 is 2.76 bits per heavy atom. The quantitative estimate of drug-likeness (QED) is 0.873. The molecule has 0 bridgehead atoms. The van der Waals surface area contributed by atoms with Crippen molar-refractivity contribution >= 4 is 0 Å². The molecule has 0 saturated carbocycles. The van der Waals surface area contributed by atoms with Crippen molar-refractivity contribution in [2.24, 2.45) is 11.8 Å². The minimum absolute atomic E-state index is 0.479. The number of hydrogen-bond donors (Lipinski definition) is 1. The Labute approximate surface area is 129 Å². The maximum atomic E-state index is 4.24. The number of piperidine rings is 1. The van der Waals surface area contributed by atoms with E-state index in [1.54, 1.807) is 0 Å². The summed E-state index contributed by atoms with van der Waals surface area (Å²) in [6.07, 6.45) is 3.42. The fourth-order valence-corrected chi connectivity index (χ4v) is 3.20. The van der Waals surface area contributed by atoms with Crippen LogP contribution in [0, 0.1) is 11.8 Å². The van der Waals surface area contributed by atoms with Gasteiger partial charge < -0.3 is 5.32 Å². The highest BCUT2D eigenvalue weighted by Crippen LogP contribution is 2.26. The van der Waals surface area contributed by atoms with Crippen LogP contribution in [0.5, 0.6) is 0 Å². The molecule has 0 aliphatic carbocycles. The Bertz CT molecular complexity index is 428. The van der Waals surface area contributed by atoms with Crippen LogP contribution >= 0.6 is 0 Å².